The molecule has 1 aromatic rings. The Morgan fingerprint density at radius 3 is 2.52 bits per heavy atom. The van der Waals surface area contributed by atoms with Crippen molar-refractivity contribution in [3.8, 4) is 0 Å². The Morgan fingerprint density at radius 1 is 1.43 bits per heavy atom. The van der Waals surface area contributed by atoms with Gasteiger partial charge in [-0.15, -0.1) is 0 Å². The summed E-state index contributed by atoms with van der Waals surface area (Å²) >= 11 is 3.09. The molecule has 0 spiro atoms. The minimum Gasteiger partial charge on any atom is -0.462 e. The van der Waals surface area contributed by atoms with E-state index in [0.29, 0.717) is 10.7 Å². The van der Waals surface area contributed by atoms with Crippen LogP contribution in [0.1, 0.15) is 6.92 Å². The zero-order valence-corrected chi connectivity index (χ0v) is 12.5. The first-order chi connectivity index (χ1) is 9.81. The number of nitrogens with zero attached hydrogens (tertiary/aromatic N) is 1. The molecule has 8 heteroatoms. The van der Waals surface area contributed by atoms with E-state index in [1.807, 2.05) is 0 Å². The van der Waals surface area contributed by atoms with E-state index >= 15 is 0 Å². The quantitative estimate of drug-likeness (QED) is 0.505. The van der Waals surface area contributed by atoms with Crippen molar-refractivity contribution in [3.05, 3.63) is 40.5 Å². The van der Waals surface area contributed by atoms with Crippen LogP contribution in [0.2, 0.25) is 0 Å². The second kappa shape index (κ2) is 7.26. The van der Waals surface area contributed by atoms with Gasteiger partial charge in [-0.2, -0.15) is 13.2 Å². The Bertz CT molecular complexity index is 583. The lowest BCUT2D eigenvalue weighted by Gasteiger charge is -2.13. The van der Waals surface area contributed by atoms with Gasteiger partial charge in [-0.25, -0.2) is 9.79 Å². The maximum absolute atomic E-state index is 13.1. The van der Waals surface area contributed by atoms with E-state index in [0.717, 1.165) is 0 Å². The average molecular weight is 365 g/mol. The number of nitrogens with two attached hydrogens (primary N) is 1. The number of para-hydroxylation sites is 1. The Hall–Kier alpha value is -1.83. The first-order valence-electron chi connectivity index (χ1n) is 5.81. The zero-order valence-electron chi connectivity index (χ0n) is 10.9. The van der Waals surface area contributed by atoms with Crippen molar-refractivity contribution in [1.29, 1.82) is 0 Å². The van der Waals surface area contributed by atoms with Gasteiger partial charge in [0.05, 0.1) is 12.3 Å². The van der Waals surface area contributed by atoms with Crippen molar-refractivity contribution < 1.29 is 22.7 Å². The highest BCUT2D eigenvalue weighted by Gasteiger charge is 2.41. The number of benzene rings is 1. The largest absolute Gasteiger partial charge is 0.462 e. The van der Waals surface area contributed by atoms with Gasteiger partial charge in [-0.05, 0) is 35.0 Å². The molecule has 0 saturated heterocycles. The molecule has 0 aliphatic rings. The number of ether oxygens (including phenoxy) is 1. The fourth-order valence-electron chi connectivity index (χ4n) is 1.39. The molecule has 0 radical (unpaired) electrons. The van der Waals surface area contributed by atoms with Gasteiger partial charge in [0.15, 0.2) is 5.71 Å². The van der Waals surface area contributed by atoms with Gasteiger partial charge in [-0.1, -0.05) is 12.1 Å². The Morgan fingerprint density at radius 2 is 2.05 bits per heavy atom. The maximum Gasteiger partial charge on any atom is 0.434 e. The predicted molar refractivity (Wildman–Crippen MR) is 76.2 cm³/mol. The van der Waals surface area contributed by atoms with Gasteiger partial charge < -0.3 is 10.5 Å². The van der Waals surface area contributed by atoms with Crippen LogP contribution < -0.4 is 5.73 Å². The fraction of sp³-hybridized carbons (Fsp3) is 0.231. The van der Waals surface area contributed by atoms with Crippen LogP contribution in [0.5, 0.6) is 0 Å². The topological polar surface area (TPSA) is 64.7 Å². The number of rotatable bonds is 4. The van der Waals surface area contributed by atoms with Gasteiger partial charge in [0.1, 0.15) is 5.57 Å². The highest BCUT2D eigenvalue weighted by atomic mass is 79.9. The lowest BCUT2D eigenvalue weighted by Crippen LogP contribution is -2.30. The van der Waals surface area contributed by atoms with E-state index in [1.165, 1.54) is 25.1 Å². The van der Waals surface area contributed by atoms with Crippen LogP contribution in [0.15, 0.2) is 45.5 Å². The molecule has 0 aromatic heterocycles. The summed E-state index contributed by atoms with van der Waals surface area (Å²) in [7, 11) is 0. The highest BCUT2D eigenvalue weighted by Crippen LogP contribution is 2.30. The standard InChI is InChI=1S/C13H12BrF3N2O2/c1-2-21-12(20)8(7-18)11(13(15,16)17)19-10-6-4-3-5-9(10)14/h3-7H,2,18H2,1H3. The number of alkyl halides is 3. The Labute approximate surface area is 127 Å². The van der Waals surface area contributed by atoms with Crippen LogP contribution in [-0.2, 0) is 9.53 Å². The maximum atomic E-state index is 13.1. The van der Waals surface area contributed by atoms with Crippen molar-refractivity contribution in [2.75, 3.05) is 6.61 Å². The van der Waals surface area contributed by atoms with E-state index in [9.17, 15) is 18.0 Å². The summed E-state index contributed by atoms with van der Waals surface area (Å²) in [6.07, 6.45) is -4.31. The molecular weight excluding hydrogens is 353 g/mol. The number of hydrogen-bond acceptors (Lipinski definition) is 4. The van der Waals surface area contributed by atoms with Crippen LogP contribution in [0.25, 0.3) is 0 Å². The van der Waals surface area contributed by atoms with Crippen molar-refractivity contribution in [2.24, 2.45) is 10.7 Å². The molecule has 0 heterocycles. The molecule has 4 nitrogen and oxygen atoms in total. The number of carbonyl (C=O) groups is 1. The monoisotopic (exact) mass is 364 g/mol. The number of esters is 1. The first-order valence-corrected chi connectivity index (χ1v) is 6.60. The third-order valence-electron chi connectivity index (χ3n) is 2.27. The van der Waals surface area contributed by atoms with Crippen LogP contribution in [0.3, 0.4) is 0 Å². The van der Waals surface area contributed by atoms with Gasteiger partial charge in [-0.3, -0.25) is 0 Å². The molecule has 0 bridgehead atoms. The number of carbonyl (C=O) groups excluding carboxylic acids is 1. The predicted octanol–water partition coefficient (Wildman–Crippen LogP) is 3.49. The number of hydrogen-bond donors (Lipinski definition) is 1. The SMILES string of the molecule is CCOC(=O)C(=CN)C(=Nc1ccccc1Br)C(F)(F)F. The minimum absolute atomic E-state index is 0.0217. The van der Waals surface area contributed by atoms with E-state index < -0.39 is 23.4 Å². The molecule has 0 saturated carbocycles. The normalized spacial score (nSPS) is 13.2. The molecule has 2 N–H and O–H groups in total. The summed E-state index contributed by atoms with van der Waals surface area (Å²) in [5, 5.41) is 0. The van der Waals surface area contributed by atoms with Gasteiger partial charge in [0.25, 0.3) is 0 Å². The molecule has 21 heavy (non-hydrogen) atoms. The molecule has 0 atom stereocenters. The minimum atomic E-state index is -4.85. The molecule has 0 fully saturated rings. The van der Waals surface area contributed by atoms with Crippen molar-refractivity contribution in [1.82, 2.24) is 0 Å². The molecular formula is C13H12BrF3N2O2. The van der Waals surface area contributed by atoms with E-state index in [-0.39, 0.29) is 12.3 Å². The van der Waals surface area contributed by atoms with E-state index in [4.69, 9.17) is 5.73 Å². The zero-order chi connectivity index (χ0) is 16.0. The van der Waals surface area contributed by atoms with E-state index in [2.05, 4.69) is 25.7 Å². The Kier molecular flexibility index (Phi) is 5.95. The average Bonchev–Trinajstić information content (AvgIpc) is 2.40. The second-order valence-corrected chi connectivity index (χ2v) is 4.56. The smallest absolute Gasteiger partial charge is 0.434 e. The molecule has 0 aliphatic heterocycles. The van der Waals surface area contributed by atoms with E-state index in [1.54, 1.807) is 6.07 Å². The molecule has 114 valence electrons. The van der Waals surface area contributed by atoms with Crippen LogP contribution in [0.4, 0.5) is 18.9 Å². The van der Waals surface area contributed by atoms with Crippen LogP contribution in [0, 0.1) is 0 Å². The molecule has 1 rings (SSSR count). The summed E-state index contributed by atoms with van der Waals surface area (Å²) < 4.78 is 44.3. The highest BCUT2D eigenvalue weighted by molar-refractivity contribution is 9.10. The Balaban J connectivity index is 3.37. The molecule has 1 aromatic carbocycles. The lowest BCUT2D eigenvalue weighted by atomic mass is 10.1. The van der Waals surface area contributed by atoms with Crippen molar-refractivity contribution in [2.45, 2.75) is 13.1 Å². The summed E-state index contributed by atoms with van der Waals surface area (Å²) in [4.78, 5) is 15.1. The fourth-order valence-corrected chi connectivity index (χ4v) is 1.77. The van der Waals surface area contributed by atoms with Gasteiger partial charge in [0, 0.05) is 10.7 Å². The summed E-state index contributed by atoms with van der Waals surface area (Å²) in [5.74, 6) is -1.18. The first kappa shape index (κ1) is 17.2. The summed E-state index contributed by atoms with van der Waals surface area (Å²) in [6.45, 7) is 1.40. The van der Waals surface area contributed by atoms with Crippen LogP contribution in [-0.4, -0.2) is 24.5 Å². The summed E-state index contributed by atoms with van der Waals surface area (Å²) in [6, 6.07) is 6.05. The van der Waals surface area contributed by atoms with Gasteiger partial charge >= 0.3 is 12.1 Å². The summed E-state index contributed by atoms with van der Waals surface area (Å²) in [5.41, 5.74) is 2.92. The molecule has 0 aliphatic carbocycles. The molecule has 0 amide bonds. The van der Waals surface area contributed by atoms with Crippen molar-refractivity contribution in [3.63, 3.8) is 0 Å². The lowest BCUT2D eigenvalue weighted by molar-refractivity contribution is -0.138. The second-order valence-electron chi connectivity index (χ2n) is 3.71. The van der Waals surface area contributed by atoms with Crippen LogP contribution >= 0.6 is 15.9 Å². The molecule has 0 unspecified atom stereocenters. The third-order valence-corrected chi connectivity index (χ3v) is 2.94. The van der Waals surface area contributed by atoms with Gasteiger partial charge in [0.2, 0.25) is 0 Å². The number of halogens is 4. The number of aliphatic imine (C=N–C) groups is 1. The third kappa shape index (κ3) is 4.59. The van der Waals surface area contributed by atoms with Crippen molar-refractivity contribution >= 4 is 33.3 Å².